The minimum atomic E-state index is -1.00. The highest BCUT2D eigenvalue weighted by molar-refractivity contribution is 8.15. The zero-order valence-corrected chi connectivity index (χ0v) is 12.9. The van der Waals surface area contributed by atoms with Crippen molar-refractivity contribution in [1.82, 2.24) is 0 Å². The molecule has 6 heteroatoms. The van der Waals surface area contributed by atoms with E-state index in [4.69, 9.17) is 5.11 Å². The summed E-state index contributed by atoms with van der Waals surface area (Å²) in [4.78, 5) is 23.6. The maximum Gasteiger partial charge on any atom is 0.305 e. The van der Waals surface area contributed by atoms with Gasteiger partial charge in [0.2, 0.25) is 0 Å². The third kappa shape index (κ3) is 3.43. The van der Waals surface area contributed by atoms with Crippen LogP contribution in [-0.4, -0.2) is 27.3 Å². The zero-order chi connectivity index (χ0) is 16.2. The zero-order valence-electron chi connectivity index (χ0n) is 12.1. The van der Waals surface area contributed by atoms with Crippen LogP contribution in [0.2, 0.25) is 0 Å². The van der Waals surface area contributed by atoms with Gasteiger partial charge in [-0.25, -0.2) is 0 Å². The maximum atomic E-state index is 12.6. The molecule has 0 aliphatic carbocycles. The molecule has 5 nitrogen and oxygen atoms in total. The first-order chi connectivity index (χ1) is 11.1. The Balaban J connectivity index is 2.01. The fraction of sp³-hybridized carbons (Fsp3) is 0.118. The second-order valence-corrected chi connectivity index (χ2v) is 6.15. The van der Waals surface area contributed by atoms with Gasteiger partial charge in [-0.2, -0.15) is 10.1 Å². The maximum absolute atomic E-state index is 12.6. The van der Waals surface area contributed by atoms with Crippen molar-refractivity contribution >= 4 is 34.4 Å². The lowest BCUT2D eigenvalue weighted by atomic mass is 10.2. The minimum Gasteiger partial charge on any atom is -0.481 e. The van der Waals surface area contributed by atoms with E-state index in [0.717, 1.165) is 5.56 Å². The van der Waals surface area contributed by atoms with E-state index in [2.05, 4.69) is 5.10 Å². The van der Waals surface area contributed by atoms with Gasteiger partial charge in [0.25, 0.3) is 5.91 Å². The third-order valence-electron chi connectivity index (χ3n) is 3.31. The van der Waals surface area contributed by atoms with E-state index in [1.165, 1.54) is 16.8 Å². The fourth-order valence-corrected chi connectivity index (χ4v) is 3.33. The summed E-state index contributed by atoms with van der Waals surface area (Å²) in [7, 11) is 0. The number of benzene rings is 2. The molecule has 0 saturated carbocycles. The minimum absolute atomic E-state index is 0.237. The average molecular weight is 326 g/mol. The predicted octanol–water partition coefficient (Wildman–Crippen LogP) is 2.97. The van der Waals surface area contributed by atoms with Crippen molar-refractivity contribution in [3.63, 3.8) is 0 Å². The average Bonchev–Trinajstić information content (AvgIpc) is 2.58. The number of carboxylic acid groups (broad SMARTS) is 1. The molecule has 1 aliphatic heterocycles. The van der Waals surface area contributed by atoms with Crippen LogP contribution in [0.15, 0.2) is 65.8 Å². The summed E-state index contributed by atoms with van der Waals surface area (Å²) in [6.45, 7) is 0. The Hall–Kier alpha value is -2.60. The van der Waals surface area contributed by atoms with Gasteiger partial charge in [-0.15, -0.1) is 0 Å². The molecule has 1 amide bonds. The van der Waals surface area contributed by atoms with Crippen molar-refractivity contribution in [1.29, 1.82) is 0 Å². The number of para-hydroxylation sites is 1. The predicted molar refractivity (Wildman–Crippen MR) is 90.5 cm³/mol. The van der Waals surface area contributed by atoms with E-state index in [1.807, 2.05) is 48.5 Å². The van der Waals surface area contributed by atoms with E-state index in [-0.39, 0.29) is 12.3 Å². The molecular formula is C17H14N2O3S. The van der Waals surface area contributed by atoms with Gasteiger partial charge in [-0.3, -0.25) is 9.59 Å². The highest BCUT2D eigenvalue weighted by atomic mass is 32.2. The molecule has 0 aromatic heterocycles. The first kappa shape index (κ1) is 15.3. The Bertz CT molecular complexity index is 747. The van der Waals surface area contributed by atoms with Crippen LogP contribution in [0.1, 0.15) is 12.0 Å². The summed E-state index contributed by atoms with van der Waals surface area (Å²) in [6.07, 6.45) is -0.237. The number of aliphatic carboxylic acids is 1. The van der Waals surface area contributed by atoms with Crippen molar-refractivity contribution in [3.8, 4) is 0 Å². The second-order valence-electron chi connectivity index (χ2n) is 4.96. The summed E-state index contributed by atoms with van der Waals surface area (Å²) < 4.78 is 0. The number of thioether (sulfide) groups is 1. The van der Waals surface area contributed by atoms with Crippen molar-refractivity contribution in [2.45, 2.75) is 11.7 Å². The van der Waals surface area contributed by atoms with Gasteiger partial charge in [-0.05, 0) is 12.1 Å². The second kappa shape index (κ2) is 6.66. The van der Waals surface area contributed by atoms with Gasteiger partial charge >= 0.3 is 5.97 Å². The fourth-order valence-electron chi connectivity index (χ4n) is 2.23. The number of amides is 1. The number of nitrogens with zero attached hydrogens (tertiary/aromatic N) is 2. The van der Waals surface area contributed by atoms with Gasteiger partial charge < -0.3 is 5.11 Å². The van der Waals surface area contributed by atoms with Gasteiger partial charge in [-0.1, -0.05) is 60.3 Å². The standard InChI is InChI=1S/C17H14N2O3S/c20-15(21)11-14-17(22)19(13-9-5-2-6-10-13)18-16(23-14)12-7-3-1-4-8-12/h1-10,14H,11H2,(H,20,21). The highest BCUT2D eigenvalue weighted by Gasteiger charge is 2.34. The molecule has 1 heterocycles. The topological polar surface area (TPSA) is 70.0 Å². The molecule has 1 atom stereocenters. The highest BCUT2D eigenvalue weighted by Crippen LogP contribution is 2.31. The summed E-state index contributed by atoms with van der Waals surface area (Å²) in [5.74, 6) is -1.32. The van der Waals surface area contributed by atoms with Crippen LogP contribution < -0.4 is 5.01 Å². The third-order valence-corrected chi connectivity index (χ3v) is 4.50. The molecule has 23 heavy (non-hydrogen) atoms. The Kier molecular flexibility index (Phi) is 4.43. The van der Waals surface area contributed by atoms with E-state index >= 15 is 0 Å². The SMILES string of the molecule is O=C(O)CC1SC(c2ccccc2)=NN(c2ccccc2)C1=O. The monoisotopic (exact) mass is 326 g/mol. The van der Waals surface area contributed by atoms with E-state index < -0.39 is 11.2 Å². The van der Waals surface area contributed by atoms with Crippen LogP contribution in [0.4, 0.5) is 5.69 Å². The molecule has 0 radical (unpaired) electrons. The number of hydrogen-bond acceptors (Lipinski definition) is 4. The molecular weight excluding hydrogens is 312 g/mol. The first-order valence-corrected chi connectivity index (χ1v) is 7.94. The van der Waals surface area contributed by atoms with Crippen LogP contribution in [0, 0.1) is 0 Å². The van der Waals surface area contributed by atoms with Crippen LogP contribution in [0.3, 0.4) is 0 Å². The van der Waals surface area contributed by atoms with Gasteiger partial charge in [0.1, 0.15) is 10.3 Å². The number of hydrazone groups is 1. The summed E-state index contributed by atoms with van der Waals surface area (Å²) in [5, 5.41) is 14.7. The Morgan fingerprint density at radius 2 is 1.70 bits per heavy atom. The summed E-state index contributed by atoms with van der Waals surface area (Å²) >= 11 is 1.20. The molecule has 1 unspecified atom stereocenters. The molecule has 1 aliphatic rings. The Morgan fingerprint density at radius 1 is 1.09 bits per heavy atom. The summed E-state index contributed by atoms with van der Waals surface area (Å²) in [6, 6.07) is 18.5. The smallest absolute Gasteiger partial charge is 0.305 e. The lowest BCUT2D eigenvalue weighted by Gasteiger charge is -2.28. The number of carboxylic acids is 1. The molecule has 0 spiro atoms. The van der Waals surface area contributed by atoms with Crippen LogP contribution in [0.25, 0.3) is 0 Å². The molecule has 3 rings (SSSR count). The quantitative estimate of drug-likeness (QED) is 0.938. The molecule has 0 saturated heterocycles. The molecule has 2 aromatic rings. The van der Waals surface area contributed by atoms with Crippen LogP contribution in [0.5, 0.6) is 0 Å². The first-order valence-electron chi connectivity index (χ1n) is 7.06. The molecule has 0 fully saturated rings. The number of hydrogen-bond donors (Lipinski definition) is 1. The van der Waals surface area contributed by atoms with Crippen molar-refractivity contribution in [2.75, 3.05) is 5.01 Å². The van der Waals surface area contributed by atoms with E-state index in [1.54, 1.807) is 12.1 Å². The van der Waals surface area contributed by atoms with Gasteiger partial charge in [0.15, 0.2) is 0 Å². The molecule has 0 bridgehead atoms. The van der Waals surface area contributed by atoms with Gasteiger partial charge in [0, 0.05) is 5.56 Å². The van der Waals surface area contributed by atoms with Crippen molar-refractivity contribution in [2.24, 2.45) is 5.10 Å². The number of carbonyl (C=O) groups excluding carboxylic acids is 1. The summed E-state index contributed by atoms with van der Waals surface area (Å²) in [5.41, 5.74) is 1.49. The number of carbonyl (C=O) groups is 2. The van der Waals surface area contributed by atoms with E-state index in [9.17, 15) is 9.59 Å². The van der Waals surface area contributed by atoms with Gasteiger partial charge in [0.05, 0.1) is 12.1 Å². The Morgan fingerprint density at radius 3 is 2.30 bits per heavy atom. The van der Waals surface area contributed by atoms with Crippen molar-refractivity contribution in [3.05, 3.63) is 66.2 Å². The van der Waals surface area contributed by atoms with Crippen LogP contribution in [-0.2, 0) is 9.59 Å². The Labute approximate surface area is 137 Å². The largest absolute Gasteiger partial charge is 0.481 e. The number of rotatable bonds is 4. The lowest BCUT2D eigenvalue weighted by Crippen LogP contribution is -2.40. The molecule has 116 valence electrons. The number of anilines is 1. The normalized spacial score (nSPS) is 17.7. The van der Waals surface area contributed by atoms with Crippen molar-refractivity contribution < 1.29 is 14.7 Å². The molecule has 1 N–H and O–H groups in total. The van der Waals surface area contributed by atoms with E-state index in [0.29, 0.717) is 10.7 Å². The lowest BCUT2D eigenvalue weighted by molar-refractivity contribution is -0.138. The molecule has 2 aromatic carbocycles. The van der Waals surface area contributed by atoms with Crippen LogP contribution >= 0.6 is 11.8 Å².